The highest BCUT2D eigenvalue weighted by atomic mass is 35.5. The summed E-state index contributed by atoms with van der Waals surface area (Å²) in [4.78, 5) is 11.7. The maximum atomic E-state index is 11.7. The normalized spacial score (nSPS) is 30.6. The summed E-state index contributed by atoms with van der Waals surface area (Å²) >= 11 is 0. The fourth-order valence-electron chi connectivity index (χ4n) is 3.39. The smallest absolute Gasteiger partial charge is 0.254 e. The number of aliphatic hydroxyl groups is 1. The summed E-state index contributed by atoms with van der Waals surface area (Å²) in [6.07, 6.45) is 1.92. The van der Waals surface area contributed by atoms with Crippen LogP contribution in [0.1, 0.15) is 18.5 Å². The third-order valence-corrected chi connectivity index (χ3v) is 4.59. The molecule has 3 fully saturated rings. The zero-order chi connectivity index (χ0) is 13.7. The van der Waals surface area contributed by atoms with Crippen LogP contribution in [0.25, 0.3) is 0 Å². The molecule has 5 nitrogen and oxygen atoms in total. The first-order valence-corrected chi connectivity index (χ1v) is 6.64. The average Bonchev–Trinajstić information content (AvgIpc) is 2.89. The SMILES string of the molecule is Cc1cc(OCC23CNC(CO)(C2)C3)cc(=O)n1C.Cl. The van der Waals surface area contributed by atoms with Gasteiger partial charge in [0.15, 0.2) is 0 Å². The molecule has 1 aliphatic carbocycles. The topological polar surface area (TPSA) is 63.5 Å². The van der Waals surface area contributed by atoms with E-state index in [0.29, 0.717) is 12.4 Å². The Hall–Kier alpha value is -1.04. The Balaban J connectivity index is 0.00000147. The molecule has 2 bridgehead atoms. The van der Waals surface area contributed by atoms with E-state index in [2.05, 4.69) is 5.32 Å². The van der Waals surface area contributed by atoms with Crippen LogP contribution < -0.4 is 15.6 Å². The molecule has 3 aliphatic rings. The fourth-order valence-corrected chi connectivity index (χ4v) is 3.39. The maximum Gasteiger partial charge on any atom is 0.254 e. The molecule has 1 aromatic heterocycles. The predicted molar refractivity (Wildman–Crippen MR) is 78.6 cm³/mol. The molecular formula is C14H21ClN2O3. The first-order valence-electron chi connectivity index (χ1n) is 6.64. The number of hydrogen-bond acceptors (Lipinski definition) is 4. The summed E-state index contributed by atoms with van der Waals surface area (Å²) in [7, 11) is 1.75. The Morgan fingerprint density at radius 3 is 2.70 bits per heavy atom. The molecule has 1 saturated carbocycles. The van der Waals surface area contributed by atoms with Gasteiger partial charge in [-0.15, -0.1) is 12.4 Å². The molecule has 2 saturated heterocycles. The van der Waals surface area contributed by atoms with Gasteiger partial charge in [0.05, 0.1) is 13.2 Å². The molecule has 0 radical (unpaired) electrons. The summed E-state index contributed by atoms with van der Waals surface area (Å²) in [6, 6.07) is 3.42. The summed E-state index contributed by atoms with van der Waals surface area (Å²) in [5, 5.41) is 12.7. The van der Waals surface area contributed by atoms with Crippen molar-refractivity contribution in [3.05, 3.63) is 28.2 Å². The molecule has 2 aliphatic heterocycles. The Morgan fingerprint density at radius 2 is 2.15 bits per heavy atom. The van der Waals surface area contributed by atoms with E-state index in [4.69, 9.17) is 4.74 Å². The van der Waals surface area contributed by atoms with Gasteiger partial charge in [0.1, 0.15) is 5.75 Å². The summed E-state index contributed by atoms with van der Waals surface area (Å²) in [5.41, 5.74) is 0.919. The number of aliphatic hydroxyl groups excluding tert-OH is 1. The lowest BCUT2D eigenvalue weighted by Gasteiger charge is -2.44. The molecule has 20 heavy (non-hydrogen) atoms. The van der Waals surface area contributed by atoms with Crippen LogP contribution in [0.2, 0.25) is 0 Å². The zero-order valence-corrected chi connectivity index (χ0v) is 12.6. The van der Waals surface area contributed by atoms with Gasteiger partial charge in [-0.05, 0) is 25.8 Å². The van der Waals surface area contributed by atoms with Gasteiger partial charge in [0.2, 0.25) is 0 Å². The highest BCUT2D eigenvalue weighted by Gasteiger charge is 2.60. The van der Waals surface area contributed by atoms with E-state index < -0.39 is 0 Å². The van der Waals surface area contributed by atoms with Crippen LogP contribution >= 0.6 is 12.4 Å². The van der Waals surface area contributed by atoms with E-state index in [1.807, 2.05) is 13.0 Å². The molecule has 112 valence electrons. The van der Waals surface area contributed by atoms with Gasteiger partial charge in [-0.2, -0.15) is 0 Å². The lowest BCUT2D eigenvalue weighted by Crippen LogP contribution is -2.52. The molecule has 0 atom stereocenters. The van der Waals surface area contributed by atoms with Crippen molar-refractivity contribution < 1.29 is 9.84 Å². The van der Waals surface area contributed by atoms with Crippen molar-refractivity contribution in [2.75, 3.05) is 19.8 Å². The van der Waals surface area contributed by atoms with E-state index in [9.17, 15) is 9.90 Å². The second-order valence-corrected chi connectivity index (χ2v) is 6.16. The molecule has 0 unspecified atom stereocenters. The molecular weight excluding hydrogens is 280 g/mol. The highest BCUT2D eigenvalue weighted by molar-refractivity contribution is 5.85. The van der Waals surface area contributed by atoms with Crippen LogP contribution in [-0.2, 0) is 7.05 Å². The minimum absolute atomic E-state index is 0. The predicted octanol–water partition coefficient (Wildman–Crippen LogP) is 0.609. The molecule has 0 amide bonds. The molecule has 1 aromatic rings. The van der Waals surface area contributed by atoms with E-state index in [1.54, 1.807) is 11.6 Å². The van der Waals surface area contributed by atoms with E-state index in [-0.39, 0.29) is 35.5 Å². The van der Waals surface area contributed by atoms with E-state index >= 15 is 0 Å². The van der Waals surface area contributed by atoms with E-state index in [0.717, 1.165) is 25.1 Å². The lowest BCUT2D eigenvalue weighted by atomic mass is 9.63. The van der Waals surface area contributed by atoms with Crippen molar-refractivity contribution in [1.82, 2.24) is 9.88 Å². The molecule has 0 aromatic carbocycles. The van der Waals surface area contributed by atoms with Gasteiger partial charge in [0.25, 0.3) is 5.56 Å². The molecule has 6 heteroatoms. The molecule has 4 rings (SSSR count). The number of nitrogens with zero attached hydrogens (tertiary/aromatic N) is 1. The summed E-state index contributed by atoms with van der Waals surface area (Å²) < 4.78 is 7.40. The quantitative estimate of drug-likeness (QED) is 0.855. The first-order chi connectivity index (χ1) is 8.98. The van der Waals surface area contributed by atoms with Crippen molar-refractivity contribution in [1.29, 1.82) is 0 Å². The number of hydrogen-bond donors (Lipinski definition) is 2. The van der Waals surface area contributed by atoms with Crippen molar-refractivity contribution in [3.8, 4) is 5.75 Å². The van der Waals surface area contributed by atoms with Gasteiger partial charge in [-0.1, -0.05) is 0 Å². The van der Waals surface area contributed by atoms with Crippen LogP contribution in [0.4, 0.5) is 0 Å². The summed E-state index contributed by atoms with van der Waals surface area (Å²) in [6.45, 7) is 3.58. The number of rotatable bonds is 4. The fraction of sp³-hybridized carbons (Fsp3) is 0.643. The van der Waals surface area contributed by atoms with Crippen LogP contribution in [0.3, 0.4) is 0 Å². The van der Waals surface area contributed by atoms with E-state index in [1.165, 1.54) is 6.07 Å². The second kappa shape index (κ2) is 5.06. The van der Waals surface area contributed by atoms with Crippen LogP contribution in [-0.4, -0.2) is 35.0 Å². The largest absolute Gasteiger partial charge is 0.493 e. The van der Waals surface area contributed by atoms with Gasteiger partial charge in [-0.3, -0.25) is 4.79 Å². The van der Waals surface area contributed by atoms with Crippen molar-refractivity contribution in [3.63, 3.8) is 0 Å². The average molecular weight is 301 g/mol. The second-order valence-electron chi connectivity index (χ2n) is 6.16. The van der Waals surface area contributed by atoms with Gasteiger partial charge >= 0.3 is 0 Å². The maximum absolute atomic E-state index is 11.7. The first kappa shape index (κ1) is 15.4. The van der Waals surface area contributed by atoms with Crippen LogP contribution in [0.15, 0.2) is 16.9 Å². The van der Waals surface area contributed by atoms with Crippen molar-refractivity contribution in [2.24, 2.45) is 12.5 Å². The molecule has 0 spiro atoms. The number of ether oxygens (including phenoxy) is 1. The van der Waals surface area contributed by atoms with Crippen molar-refractivity contribution in [2.45, 2.75) is 25.3 Å². The van der Waals surface area contributed by atoms with Crippen LogP contribution in [0.5, 0.6) is 5.75 Å². The third kappa shape index (κ3) is 2.34. The Morgan fingerprint density at radius 1 is 1.45 bits per heavy atom. The Kier molecular flexibility index (Phi) is 3.88. The number of aryl methyl sites for hydroxylation is 1. The Bertz CT molecular complexity index is 564. The standard InChI is InChI=1S/C14H20N2O3.ClH/c1-10-3-11(4-12(18)16(10)2)19-9-13-5-14(6-13,8-17)15-7-13;/h3-4,15,17H,5-9H2,1-2H3;1H. The van der Waals surface area contributed by atoms with Crippen LogP contribution in [0, 0.1) is 12.3 Å². The zero-order valence-electron chi connectivity index (χ0n) is 11.8. The van der Waals surface area contributed by atoms with Gasteiger partial charge in [-0.25, -0.2) is 0 Å². The minimum Gasteiger partial charge on any atom is -0.493 e. The third-order valence-electron chi connectivity index (χ3n) is 4.59. The molecule has 2 N–H and O–H groups in total. The minimum atomic E-state index is -0.0634. The monoisotopic (exact) mass is 300 g/mol. The van der Waals surface area contributed by atoms with Crippen molar-refractivity contribution >= 4 is 12.4 Å². The summed E-state index contributed by atoms with van der Waals surface area (Å²) in [5.74, 6) is 0.642. The number of nitrogens with one attached hydrogen (secondary N) is 1. The lowest BCUT2D eigenvalue weighted by molar-refractivity contribution is 0.0210. The highest BCUT2D eigenvalue weighted by Crippen LogP contribution is 2.53. The number of halogens is 1. The Labute approximate surface area is 124 Å². The number of fused-ring (bicyclic) bond motifs is 1. The van der Waals surface area contributed by atoms with Gasteiger partial charge < -0.3 is 19.7 Å². The number of aromatic nitrogens is 1. The van der Waals surface area contributed by atoms with Gasteiger partial charge in [0, 0.05) is 36.3 Å². The number of pyridine rings is 1. The molecule has 3 heterocycles.